The quantitative estimate of drug-likeness (QED) is 0.522. The van der Waals surface area contributed by atoms with E-state index in [0.717, 1.165) is 17.4 Å². The van der Waals surface area contributed by atoms with Crippen molar-refractivity contribution in [3.05, 3.63) is 0 Å². The van der Waals surface area contributed by atoms with E-state index in [1.54, 1.807) is 0 Å². The molecule has 0 spiro atoms. The molecule has 0 aromatic rings. The van der Waals surface area contributed by atoms with Crippen LogP contribution in [0.3, 0.4) is 0 Å². The zero-order chi connectivity index (χ0) is 10.9. The fourth-order valence-corrected chi connectivity index (χ4v) is 0.467. The Balaban J connectivity index is 0. The Morgan fingerprint density at radius 3 is 1.77 bits per heavy atom. The summed E-state index contributed by atoms with van der Waals surface area (Å²) in [7, 11) is 6.16. The van der Waals surface area contributed by atoms with E-state index in [1.165, 1.54) is 0 Å². The third-order valence-electron chi connectivity index (χ3n) is 1.51. The van der Waals surface area contributed by atoms with E-state index in [4.69, 9.17) is 15.9 Å². The lowest BCUT2D eigenvalue weighted by molar-refractivity contribution is -0.870. The van der Waals surface area contributed by atoms with E-state index in [0.29, 0.717) is 6.54 Å². The molecule has 0 aliphatic carbocycles. The molecule has 0 aliphatic rings. The molecule has 0 saturated heterocycles. The highest BCUT2D eigenvalue weighted by atomic mass is 16.3. The van der Waals surface area contributed by atoms with Crippen molar-refractivity contribution in [2.75, 3.05) is 40.8 Å². The molecule has 0 aromatic heterocycles. The molecule has 0 rings (SSSR count). The minimum atomic E-state index is -0.287. The van der Waals surface area contributed by atoms with Crippen molar-refractivity contribution in [2.24, 2.45) is 5.73 Å². The van der Waals surface area contributed by atoms with E-state index >= 15 is 0 Å². The van der Waals surface area contributed by atoms with Crippen LogP contribution in [0.5, 0.6) is 0 Å². The molecule has 1 atom stereocenters. The third kappa shape index (κ3) is 18.7. The summed E-state index contributed by atoms with van der Waals surface area (Å²) in [6.07, 6.45) is 0.473. The Morgan fingerprint density at radius 1 is 1.31 bits per heavy atom. The summed E-state index contributed by atoms with van der Waals surface area (Å²) in [5, 5.41) is 16.9. The van der Waals surface area contributed by atoms with Crippen LogP contribution in [0.25, 0.3) is 0 Å². The van der Waals surface area contributed by atoms with Crippen LogP contribution >= 0.6 is 0 Å². The smallest absolute Gasteiger partial charge is 0.101 e. The summed E-state index contributed by atoms with van der Waals surface area (Å²) in [4.78, 5) is 0. The average Bonchev–Trinajstić information content (AvgIpc) is 2.02. The van der Waals surface area contributed by atoms with E-state index in [1.807, 2.05) is 6.92 Å². The second-order valence-corrected chi connectivity index (χ2v) is 4.04. The monoisotopic (exact) mass is 193 g/mol. The van der Waals surface area contributed by atoms with Crippen LogP contribution in [0.2, 0.25) is 0 Å². The Kier molecular flexibility index (Phi) is 9.94. The highest BCUT2D eigenvalue weighted by Gasteiger charge is 2.02. The minimum Gasteiger partial charge on any atom is -0.392 e. The van der Waals surface area contributed by atoms with Gasteiger partial charge in [0, 0.05) is 6.54 Å². The largest absolute Gasteiger partial charge is 0.392 e. The Labute approximate surface area is 81.6 Å². The second-order valence-electron chi connectivity index (χ2n) is 4.04. The third-order valence-corrected chi connectivity index (χ3v) is 1.51. The molecule has 0 bridgehead atoms. The van der Waals surface area contributed by atoms with E-state index in [-0.39, 0.29) is 12.7 Å². The highest BCUT2D eigenvalue weighted by molar-refractivity contribution is 4.48. The number of likely N-dealkylation sites (N-methyl/N-ethyl adjacent to an activating group) is 1. The molecular formula is C9H25N2O2+. The van der Waals surface area contributed by atoms with Crippen LogP contribution in [-0.4, -0.2) is 61.6 Å². The Morgan fingerprint density at radius 2 is 1.77 bits per heavy atom. The lowest BCUT2D eigenvalue weighted by Gasteiger charge is -2.21. The zero-order valence-corrected chi connectivity index (χ0v) is 9.32. The van der Waals surface area contributed by atoms with Gasteiger partial charge in [-0.3, -0.25) is 0 Å². The first-order valence-electron chi connectivity index (χ1n) is 4.66. The number of rotatable bonds is 4. The highest BCUT2D eigenvalue weighted by Crippen LogP contribution is 1.84. The topological polar surface area (TPSA) is 66.5 Å². The van der Waals surface area contributed by atoms with E-state index in [9.17, 15) is 0 Å². The van der Waals surface area contributed by atoms with Crippen LogP contribution in [0.1, 0.15) is 13.3 Å². The molecular weight excluding hydrogens is 168 g/mol. The zero-order valence-electron chi connectivity index (χ0n) is 9.32. The first-order valence-corrected chi connectivity index (χ1v) is 4.66. The molecule has 13 heavy (non-hydrogen) atoms. The predicted octanol–water partition coefficient (Wildman–Crippen LogP) is -0.599. The summed E-state index contributed by atoms with van der Waals surface area (Å²) in [5.74, 6) is 0. The molecule has 0 heterocycles. The predicted molar refractivity (Wildman–Crippen MR) is 55.3 cm³/mol. The van der Waals surface area contributed by atoms with Gasteiger partial charge >= 0.3 is 0 Å². The van der Waals surface area contributed by atoms with Gasteiger partial charge in [0.1, 0.15) is 6.54 Å². The number of hydrogen-bond donors (Lipinski definition) is 3. The Bertz CT molecular complexity index is 98.3. The van der Waals surface area contributed by atoms with Gasteiger partial charge in [-0.25, -0.2) is 0 Å². The maximum Gasteiger partial charge on any atom is 0.101 e. The lowest BCUT2D eigenvalue weighted by Crippen LogP contribution is -2.36. The molecule has 4 heteroatoms. The molecule has 4 N–H and O–H groups in total. The van der Waals surface area contributed by atoms with Crippen LogP contribution in [0.15, 0.2) is 0 Å². The first-order chi connectivity index (χ1) is 5.87. The molecule has 0 radical (unpaired) electrons. The van der Waals surface area contributed by atoms with E-state index in [2.05, 4.69) is 21.1 Å². The molecule has 1 unspecified atom stereocenters. The molecule has 0 amide bonds. The van der Waals surface area contributed by atoms with Crippen molar-refractivity contribution in [2.45, 2.75) is 19.4 Å². The van der Waals surface area contributed by atoms with E-state index < -0.39 is 0 Å². The van der Waals surface area contributed by atoms with Crippen LogP contribution in [-0.2, 0) is 0 Å². The van der Waals surface area contributed by atoms with Gasteiger partial charge in [-0.1, -0.05) is 6.92 Å². The first kappa shape index (κ1) is 15.3. The molecule has 82 valence electrons. The minimum absolute atomic E-state index is 0.281. The van der Waals surface area contributed by atoms with Crippen molar-refractivity contribution in [1.82, 2.24) is 0 Å². The van der Waals surface area contributed by atoms with Gasteiger partial charge in [-0.2, -0.15) is 0 Å². The average molecular weight is 193 g/mol. The van der Waals surface area contributed by atoms with Crippen LogP contribution in [0.4, 0.5) is 0 Å². The number of nitrogens with two attached hydrogens (primary N) is 1. The summed E-state index contributed by atoms with van der Waals surface area (Å²) in [5.41, 5.74) is 5.03. The molecule has 4 nitrogen and oxygen atoms in total. The fourth-order valence-electron chi connectivity index (χ4n) is 0.467. The van der Waals surface area contributed by atoms with Gasteiger partial charge < -0.3 is 20.4 Å². The van der Waals surface area contributed by atoms with Gasteiger partial charge in [0.05, 0.1) is 33.9 Å². The summed E-state index contributed by atoms with van der Waals surface area (Å²) < 4.78 is 0.844. The SMILES string of the molecule is CCC(O)CN.C[N+](C)(C)CCO. The van der Waals surface area contributed by atoms with Crippen LogP contribution < -0.4 is 5.73 Å². The standard InChI is InChI=1S/C5H14NO.C4H11NO/c1-6(2,3)4-5-7;1-2-4(6)3-5/h7H,4-5H2,1-3H3;4,6H,2-3,5H2,1H3/q+1;. The molecule has 0 aromatic carbocycles. The van der Waals surface area contributed by atoms with Crippen molar-refractivity contribution in [3.63, 3.8) is 0 Å². The number of aliphatic hydroxyl groups is 2. The molecule has 0 saturated carbocycles. The summed E-state index contributed by atoms with van der Waals surface area (Å²) in [6, 6.07) is 0. The maximum atomic E-state index is 8.54. The number of aliphatic hydroxyl groups excluding tert-OH is 2. The second kappa shape index (κ2) is 8.44. The van der Waals surface area contributed by atoms with Gasteiger partial charge in [-0.05, 0) is 6.42 Å². The van der Waals surface area contributed by atoms with Crippen molar-refractivity contribution >= 4 is 0 Å². The fraction of sp³-hybridized carbons (Fsp3) is 1.00. The maximum absolute atomic E-state index is 8.54. The number of nitrogens with zero attached hydrogens (tertiary/aromatic N) is 1. The van der Waals surface area contributed by atoms with Gasteiger partial charge in [0.2, 0.25) is 0 Å². The van der Waals surface area contributed by atoms with Crippen molar-refractivity contribution in [1.29, 1.82) is 0 Å². The normalized spacial score (nSPS) is 13.2. The van der Waals surface area contributed by atoms with Crippen molar-refractivity contribution in [3.8, 4) is 0 Å². The molecule has 0 aliphatic heterocycles. The molecule has 0 fully saturated rings. The van der Waals surface area contributed by atoms with Gasteiger partial charge in [-0.15, -0.1) is 0 Å². The van der Waals surface area contributed by atoms with Crippen molar-refractivity contribution < 1.29 is 14.7 Å². The van der Waals surface area contributed by atoms with Gasteiger partial charge in [0.25, 0.3) is 0 Å². The Hall–Kier alpha value is -0.160. The van der Waals surface area contributed by atoms with Gasteiger partial charge in [0.15, 0.2) is 0 Å². The summed E-state index contributed by atoms with van der Waals surface area (Å²) >= 11 is 0. The lowest BCUT2D eigenvalue weighted by atomic mass is 10.3. The van der Waals surface area contributed by atoms with Crippen LogP contribution in [0, 0.1) is 0 Å². The number of quaternary nitrogens is 1. The number of hydrogen-bond acceptors (Lipinski definition) is 3. The summed E-state index contributed by atoms with van der Waals surface area (Å²) in [6.45, 7) is 3.40.